The molecule has 12 nitrogen and oxygen atoms in total. The van der Waals surface area contributed by atoms with Crippen molar-refractivity contribution in [2.75, 3.05) is 33.0 Å². The average molecular weight is 515 g/mol. The molecule has 12 heteroatoms. The van der Waals surface area contributed by atoms with E-state index >= 15 is 0 Å². The summed E-state index contributed by atoms with van der Waals surface area (Å²) in [6, 6.07) is 9.08. The van der Waals surface area contributed by atoms with Gasteiger partial charge < -0.3 is 33.3 Å². The molecule has 0 saturated heterocycles. The molecule has 2 aromatic carbocycles. The third kappa shape index (κ3) is 6.81. The summed E-state index contributed by atoms with van der Waals surface area (Å²) in [7, 11) is 0. The molecule has 0 fully saturated rings. The highest BCUT2D eigenvalue weighted by Crippen LogP contribution is 2.36. The highest BCUT2D eigenvalue weighted by atomic mass is 16.9. The van der Waals surface area contributed by atoms with Crippen LogP contribution in [0, 0.1) is 10.1 Å². The van der Waals surface area contributed by atoms with Crippen LogP contribution in [0.4, 0.5) is 0 Å². The standard InChI is InChI=1S/C25H25NO11/c27-18-12-17(35-15-24(29)34-7-3-1-2-4-8-36-26(30)31)13-23-25(18)19(28)14-21(37-23)16-5-6-20-22(11-16)33-10-9-32-20/h5-6,11-14,27H,1-4,7-10,15H2. The lowest BCUT2D eigenvalue weighted by Gasteiger charge is -2.18. The number of fused-ring (bicyclic) bond motifs is 2. The van der Waals surface area contributed by atoms with E-state index in [1.807, 2.05) is 0 Å². The minimum atomic E-state index is -0.829. The predicted molar refractivity (Wildman–Crippen MR) is 128 cm³/mol. The minimum absolute atomic E-state index is 0.0140. The number of esters is 1. The molecule has 0 unspecified atom stereocenters. The molecule has 3 aromatic rings. The van der Waals surface area contributed by atoms with Crippen molar-refractivity contribution < 1.29 is 43.2 Å². The van der Waals surface area contributed by atoms with E-state index in [-0.39, 0.29) is 41.4 Å². The summed E-state index contributed by atoms with van der Waals surface area (Å²) >= 11 is 0. The minimum Gasteiger partial charge on any atom is -0.507 e. The third-order valence-corrected chi connectivity index (χ3v) is 5.47. The summed E-state index contributed by atoms with van der Waals surface area (Å²) in [5, 5.41) is 19.6. The number of phenolic OH excluding ortho intramolecular Hbond substituents is 1. The number of unbranched alkanes of at least 4 members (excludes halogenated alkanes) is 3. The Labute approximate surface area is 210 Å². The van der Waals surface area contributed by atoms with Gasteiger partial charge in [0, 0.05) is 23.8 Å². The Morgan fingerprint density at radius 2 is 1.76 bits per heavy atom. The molecule has 37 heavy (non-hydrogen) atoms. The van der Waals surface area contributed by atoms with Crippen molar-refractivity contribution in [1.82, 2.24) is 0 Å². The smallest absolute Gasteiger partial charge is 0.344 e. The van der Waals surface area contributed by atoms with Crippen LogP contribution in [0.15, 0.2) is 45.6 Å². The monoisotopic (exact) mass is 515 g/mol. The predicted octanol–water partition coefficient (Wildman–Crippen LogP) is 3.63. The fourth-order valence-corrected chi connectivity index (χ4v) is 3.73. The molecule has 1 aromatic heterocycles. The second kappa shape index (κ2) is 12.0. The van der Waals surface area contributed by atoms with Crippen LogP contribution in [-0.2, 0) is 14.4 Å². The number of hydrogen-bond donors (Lipinski definition) is 1. The summed E-state index contributed by atoms with van der Waals surface area (Å²) in [5.41, 5.74) is 0.226. The average Bonchev–Trinajstić information content (AvgIpc) is 2.88. The number of phenols is 1. The maximum atomic E-state index is 12.7. The Balaban J connectivity index is 1.35. The molecule has 196 valence electrons. The van der Waals surface area contributed by atoms with E-state index in [2.05, 4.69) is 4.84 Å². The third-order valence-electron chi connectivity index (χ3n) is 5.47. The molecule has 1 aliphatic rings. The zero-order valence-electron chi connectivity index (χ0n) is 19.8. The van der Waals surface area contributed by atoms with Crippen LogP contribution in [-0.4, -0.2) is 49.2 Å². The van der Waals surface area contributed by atoms with Crippen LogP contribution in [0.3, 0.4) is 0 Å². The molecule has 2 heterocycles. The molecule has 1 N–H and O–H groups in total. The Kier molecular flexibility index (Phi) is 8.29. The summed E-state index contributed by atoms with van der Waals surface area (Å²) in [4.78, 5) is 39.0. The zero-order valence-corrected chi connectivity index (χ0v) is 19.8. The van der Waals surface area contributed by atoms with Crippen LogP contribution in [0.5, 0.6) is 23.0 Å². The van der Waals surface area contributed by atoms with Gasteiger partial charge in [-0.3, -0.25) is 4.79 Å². The molecule has 0 saturated carbocycles. The highest BCUT2D eigenvalue weighted by Gasteiger charge is 2.17. The first-order valence-corrected chi connectivity index (χ1v) is 11.7. The Hall–Kier alpha value is -4.48. The maximum Gasteiger partial charge on any atom is 0.344 e. The van der Waals surface area contributed by atoms with Crippen LogP contribution >= 0.6 is 0 Å². The number of carbonyl (C=O) groups excluding carboxylic acids is 1. The molecular formula is C25H25NO11. The van der Waals surface area contributed by atoms with Crippen molar-refractivity contribution in [3.8, 4) is 34.3 Å². The van der Waals surface area contributed by atoms with Gasteiger partial charge in [-0.25, -0.2) is 4.79 Å². The van der Waals surface area contributed by atoms with Crippen molar-refractivity contribution >= 4 is 16.9 Å². The van der Waals surface area contributed by atoms with Crippen LogP contribution in [0.2, 0.25) is 0 Å². The maximum absolute atomic E-state index is 12.7. The van der Waals surface area contributed by atoms with Crippen LogP contribution in [0.1, 0.15) is 25.7 Å². The molecule has 0 aliphatic carbocycles. The van der Waals surface area contributed by atoms with Crippen molar-refractivity contribution in [2.24, 2.45) is 0 Å². The van der Waals surface area contributed by atoms with E-state index in [9.17, 15) is 24.8 Å². The number of hydrogen-bond acceptors (Lipinski definition) is 11. The van der Waals surface area contributed by atoms with Gasteiger partial charge in [-0.1, -0.05) is 6.42 Å². The quantitative estimate of drug-likeness (QED) is 0.163. The Morgan fingerprint density at radius 3 is 2.54 bits per heavy atom. The first-order chi connectivity index (χ1) is 17.9. The molecule has 0 spiro atoms. The summed E-state index contributed by atoms with van der Waals surface area (Å²) in [5.74, 6) is 0.562. The van der Waals surface area contributed by atoms with Gasteiger partial charge in [-0.15, -0.1) is 10.1 Å². The number of nitrogens with zero attached hydrogens (tertiary/aromatic N) is 1. The second-order valence-corrected chi connectivity index (χ2v) is 8.13. The fraction of sp³-hybridized carbons (Fsp3) is 0.360. The molecule has 0 amide bonds. The molecule has 4 rings (SSSR count). The van der Waals surface area contributed by atoms with Crippen LogP contribution < -0.4 is 19.6 Å². The molecule has 0 atom stereocenters. The lowest BCUT2D eigenvalue weighted by atomic mass is 10.1. The summed E-state index contributed by atoms with van der Waals surface area (Å²) < 4.78 is 27.5. The van der Waals surface area contributed by atoms with Crippen molar-refractivity contribution in [3.05, 3.63) is 56.7 Å². The van der Waals surface area contributed by atoms with Crippen LogP contribution in [0.25, 0.3) is 22.3 Å². The topological polar surface area (TPSA) is 157 Å². The number of carbonyl (C=O) groups is 1. The van der Waals surface area contributed by atoms with Crippen molar-refractivity contribution in [3.63, 3.8) is 0 Å². The first-order valence-electron chi connectivity index (χ1n) is 11.7. The molecule has 0 bridgehead atoms. The fourth-order valence-electron chi connectivity index (χ4n) is 3.73. The van der Waals surface area contributed by atoms with Gasteiger partial charge in [0.15, 0.2) is 23.5 Å². The largest absolute Gasteiger partial charge is 0.507 e. The SMILES string of the molecule is O=C(COc1cc(O)c2c(=O)cc(-c3ccc4c(c3)OCCO4)oc2c1)OCCCCCCO[N+](=O)[O-]. The van der Waals surface area contributed by atoms with Gasteiger partial charge in [-0.05, 0) is 37.5 Å². The number of aromatic hydroxyl groups is 1. The molecule has 0 radical (unpaired) electrons. The van der Waals surface area contributed by atoms with Gasteiger partial charge in [-0.2, -0.15) is 0 Å². The molecular weight excluding hydrogens is 490 g/mol. The van der Waals surface area contributed by atoms with E-state index in [0.29, 0.717) is 49.5 Å². The lowest BCUT2D eigenvalue weighted by Crippen LogP contribution is -2.15. The van der Waals surface area contributed by atoms with E-state index in [1.54, 1.807) is 18.2 Å². The van der Waals surface area contributed by atoms with Gasteiger partial charge in [0.2, 0.25) is 0 Å². The van der Waals surface area contributed by atoms with Gasteiger partial charge in [0.05, 0.1) is 13.2 Å². The van der Waals surface area contributed by atoms with Crippen molar-refractivity contribution in [1.29, 1.82) is 0 Å². The van der Waals surface area contributed by atoms with E-state index < -0.39 is 23.1 Å². The normalized spacial score (nSPS) is 12.2. The highest BCUT2D eigenvalue weighted by molar-refractivity contribution is 5.86. The summed E-state index contributed by atoms with van der Waals surface area (Å²) in [6.45, 7) is 0.674. The van der Waals surface area contributed by atoms with Crippen molar-refractivity contribution in [2.45, 2.75) is 25.7 Å². The second-order valence-electron chi connectivity index (χ2n) is 8.13. The van der Waals surface area contributed by atoms with E-state index in [4.69, 9.17) is 23.4 Å². The van der Waals surface area contributed by atoms with Gasteiger partial charge >= 0.3 is 5.97 Å². The lowest BCUT2D eigenvalue weighted by molar-refractivity contribution is -0.757. The first kappa shape index (κ1) is 25.6. The Bertz CT molecular complexity index is 1330. The van der Waals surface area contributed by atoms with Gasteiger partial charge in [0.25, 0.3) is 5.09 Å². The Morgan fingerprint density at radius 1 is 1.00 bits per heavy atom. The summed E-state index contributed by atoms with van der Waals surface area (Å²) in [6.07, 6.45) is 2.56. The molecule has 1 aliphatic heterocycles. The van der Waals surface area contributed by atoms with Gasteiger partial charge in [0.1, 0.15) is 41.4 Å². The van der Waals surface area contributed by atoms with E-state index in [1.165, 1.54) is 18.2 Å². The number of benzene rings is 2. The zero-order chi connectivity index (χ0) is 26.2. The van der Waals surface area contributed by atoms with E-state index in [0.717, 1.165) is 6.42 Å². The number of ether oxygens (including phenoxy) is 4. The number of rotatable bonds is 12.